The number of hydrogen-bond acceptors (Lipinski definition) is 2. The molecule has 0 aliphatic rings. The van der Waals surface area contributed by atoms with Crippen LogP contribution in [0.5, 0.6) is 0 Å². The summed E-state index contributed by atoms with van der Waals surface area (Å²) in [7, 11) is 0. The molecule has 0 radical (unpaired) electrons. The van der Waals surface area contributed by atoms with Gasteiger partial charge in [-0.25, -0.2) is 9.97 Å². The Morgan fingerprint density at radius 1 is 0.432 bits per heavy atom. The maximum Gasteiger partial charge on any atom is 0.146 e. The number of benzene rings is 6. The Morgan fingerprint density at radius 3 is 1.77 bits per heavy atom. The Balaban J connectivity index is 1.21. The van der Waals surface area contributed by atoms with Crippen molar-refractivity contribution in [1.29, 1.82) is 0 Å². The lowest BCUT2D eigenvalue weighted by Crippen LogP contribution is -1.96. The minimum absolute atomic E-state index is 0.824. The van der Waals surface area contributed by atoms with Gasteiger partial charge in [-0.1, -0.05) is 90.5 Å². The highest BCUT2D eigenvalue weighted by Gasteiger charge is 2.16. The molecule has 0 unspecified atom stereocenters. The Hall–Kier alpha value is -5.74. The Labute approximate surface area is 252 Å². The van der Waals surface area contributed by atoms with Crippen molar-refractivity contribution in [3.63, 3.8) is 0 Å². The highest BCUT2D eigenvalue weighted by atomic mass is 15.0. The van der Waals surface area contributed by atoms with Gasteiger partial charge in [0, 0.05) is 21.5 Å². The highest BCUT2D eigenvalue weighted by Crippen LogP contribution is 2.35. The molecule has 0 aliphatic heterocycles. The second kappa shape index (κ2) is 8.65. The lowest BCUT2D eigenvalue weighted by Gasteiger charge is -2.13. The second-order valence-electron chi connectivity index (χ2n) is 12.0. The molecule has 0 aliphatic carbocycles. The highest BCUT2D eigenvalue weighted by molar-refractivity contribution is 6.15. The molecule has 0 atom stereocenters. The van der Waals surface area contributed by atoms with Crippen LogP contribution in [0.2, 0.25) is 0 Å². The topological polar surface area (TPSA) is 34.6 Å². The van der Waals surface area contributed by atoms with E-state index in [0.29, 0.717) is 0 Å². The van der Waals surface area contributed by atoms with Gasteiger partial charge in [-0.15, -0.1) is 0 Å². The van der Waals surface area contributed by atoms with Crippen molar-refractivity contribution in [2.24, 2.45) is 0 Å². The number of hydrogen-bond donors (Lipinski definition) is 0. The van der Waals surface area contributed by atoms with Crippen molar-refractivity contribution in [3.8, 4) is 0 Å². The Bertz CT molecular complexity index is 2820. The van der Waals surface area contributed by atoms with E-state index < -0.39 is 0 Å². The fraction of sp³-hybridized carbons (Fsp3) is 0.0500. The third kappa shape index (κ3) is 3.22. The third-order valence-corrected chi connectivity index (χ3v) is 9.30. The van der Waals surface area contributed by atoms with Crippen LogP contribution in [0, 0.1) is 6.92 Å². The molecule has 0 bridgehead atoms. The van der Waals surface area contributed by atoms with E-state index in [0.717, 1.165) is 39.8 Å². The van der Waals surface area contributed by atoms with Crippen LogP contribution >= 0.6 is 0 Å². The van der Waals surface area contributed by atoms with E-state index in [1.165, 1.54) is 60.0 Å². The minimum atomic E-state index is 0.824. The quantitative estimate of drug-likeness (QED) is 0.197. The van der Waals surface area contributed by atoms with Crippen LogP contribution in [-0.2, 0) is 6.42 Å². The van der Waals surface area contributed by atoms with Crippen LogP contribution < -0.4 is 0 Å². The zero-order chi connectivity index (χ0) is 28.9. The van der Waals surface area contributed by atoms with E-state index in [1.54, 1.807) is 0 Å². The molecule has 0 saturated carbocycles. The summed E-state index contributed by atoms with van der Waals surface area (Å²) < 4.78 is 4.67. The standard InChI is InChI=1S/C40H26N4/c1-24-14-17-30-31(20-24)29-19-16-26(23-38(29)44-37-13-7-4-10-34(37)41-39(30)44)21-25-15-18-27-28-8-2-5-11-35(28)43-36-12-6-3-9-33(36)42-40(43)32(27)22-25/h2-20,22-23H,21H2,1H3. The third-order valence-electron chi connectivity index (χ3n) is 9.30. The molecule has 10 aromatic rings. The van der Waals surface area contributed by atoms with Gasteiger partial charge in [0.1, 0.15) is 11.3 Å². The van der Waals surface area contributed by atoms with Crippen molar-refractivity contribution >= 4 is 76.7 Å². The maximum atomic E-state index is 5.13. The molecule has 6 aromatic carbocycles. The maximum absolute atomic E-state index is 5.13. The average molecular weight is 563 g/mol. The summed E-state index contributed by atoms with van der Waals surface area (Å²) in [6, 6.07) is 46.1. The predicted molar refractivity (Wildman–Crippen MR) is 183 cm³/mol. The molecule has 4 nitrogen and oxygen atoms in total. The summed E-state index contributed by atoms with van der Waals surface area (Å²) in [4.78, 5) is 10.2. The van der Waals surface area contributed by atoms with Crippen molar-refractivity contribution in [3.05, 3.63) is 144 Å². The number of fused-ring (bicyclic) bond motifs is 16. The zero-order valence-corrected chi connectivity index (χ0v) is 24.1. The largest absolute Gasteiger partial charge is 0.292 e. The lowest BCUT2D eigenvalue weighted by molar-refractivity contribution is 1.20. The van der Waals surface area contributed by atoms with Gasteiger partial charge in [-0.2, -0.15) is 0 Å². The number of aryl methyl sites for hydroxylation is 1. The van der Waals surface area contributed by atoms with Crippen molar-refractivity contribution in [2.75, 3.05) is 0 Å². The van der Waals surface area contributed by atoms with Crippen LogP contribution in [0.3, 0.4) is 0 Å². The number of imidazole rings is 2. The molecule has 4 heterocycles. The van der Waals surface area contributed by atoms with Crippen LogP contribution in [0.4, 0.5) is 0 Å². The van der Waals surface area contributed by atoms with E-state index in [1.807, 2.05) is 0 Å². The molecule has 44 heavy (non-hydrogen) atoms. The van der Waals surface area contributed by atoms with E-state index in [-0.39, 0.29) is 0 Å². The van der Waals surface area contributed by atoms with Crippen molar-refractivity contribution < 1.29 is 0 Å². The fourth-order valence-electron chi connectivity index (χ4n) is 7.33. The first kappa shape index (κ1) is 23.8. The first-order valence-corrected chi connectivity index (χ1v) is 15.1. The van der Waals surface area contributed by atoms with E-state index in [4.69, 9.17) is 9.97 Å². The zero-order valence-electron chi connectivity index (χ0n) is 24.1. The smallest absolute Gasteiger partial charge is 0.146 e. The van der Waals surface area contributed by atoms with Gasteiger partial charge in [0.15, 0.2) is 0 Å². The van der Waals surface area contributed by atoms with Crippen molar-refractivity contribution in [2.45, 2.75) is 13.3 Å². The molecule has 206 valence electrons. The summed E-state index contributed by atoms with van der Waals surface area (Å²) in [6.45, 7) is 2.16. The summed E-state index contributed by atoms with van der Waals surface area (Å²) in [5, 5.41) is 7.35. The molecule has 0 spiro atoms. The van der Waals surface area contributed by atoms with Gasteiger partial charge in [0.25, 0.3) is 0 Å². The number of rotatable bonds is 2. The van der Waals surface area contributed by atoms with Crippen molar-refractivity contribution in [1.82, 2.24) is 18.8 Å². The van der Waals surface area contributed by atoms with Gasteiger partial charge < -0.3 is 0 Å². The number of aromatic nitrogens is 4. The lowest BCUT2D eigenvalue weighted by atomic mass is 9.97. The van der Waals surface area contributed by atoms with Crippen LogP contribution in [0.15, 0.2) is 127 Å². The average Bonchev–Trinajstić information content (AvgIpc) is 3.65. The van der Waals surface area contributed by atoms with Crippen LogP contribution in [0.1, 0.15) is 16.7 Å². The summed E-state index contributed by atoms with van der Waals surface area (Å²) in [5.74, 6) is 0. The molecule has 4 aromatic heterocycles. The van der Waals surface area contributed by atoms with E-state index in [2.05, 4.69) is 143 Å². The molecule has 0 saturated heterocycles. The number of nitrogens with zero attached hydrogens (tertiary/aromatic N) is 4. The Morgan fingerprint density at radius 2 is 1.00 bits per heavy atom. The van der Waals surface area contributed by atoms with E-state index >= 15 is 0 Å². The monoisotopic (exact) mass is 562 g/mol. The van der Waals surface area contributed by atoms with Gasteiger partial charge >= 0.3 is 0 Å². The first-order valence-electron chi connectivity index (χ1n) is 15.1. The van der Waals surface area contributed by atoms with Crippen LogP contribution in [-0.4, -0.2) is 18.8 Å². The normalized spacial score (nSPS) is 12.3. The molecule has 0 amide bonds. The summed E-state index contributed by atoms with van der Waals surface area (Å²) in [6.07, 6.45) is 0.824. The van der Waals surface area contributed by atoms with E-state index in [9.17, 15) is 0 Å². The van der Waals surface area contributed by atoms with Gasteiger partial charge in [-0.3, -0.25) is 8.80 Å². The SMILES string of the molecule is Cc1ccc2c(c1)c1ccc(Cc3ccc4c5ccccc5n5c6ccccc6nc5c4c3)cc1n1c3ccccc3nc21. The van der Waals surface area contributed by atoms with Gasteiger partial charge in [-0.05, 0) is 77.7 Å². The van der Waals surface area contributed by atoms with Gasteiger partial charge in [0.2, 0.25) is 0 Å². The second-order valence-corrected chi connectivity index (χ2v) is 12.0. The first-order chi connectivity index (χ1) is 21.7. The molecule has 4 heteroatoms. The van der Waals surface area contributed by atoms with Gasteiger partial charge in [0.05, 0.1) is 33.1 Å². The molecular weight excluding hydrogens is 536 g/mol. The molecular formula is C40H26N4. The number of pyridine rings is 2. The molecule has 10 rings (SSSR count). The predicted octanol–water partition coefficient (Wildman–Crippen LogP) is 9.80. The number of para-hydroxylation sites is 5. The molecule has 0 N–H and O–H groups in total. The van der Waals surface area contributed by atoms with Crippen LogP contribution in [0.25, 0.3) is 76.7 Å². The summed E-state index contributed by atoms with van der Waals surface area (Å²) >= 11 is 0. The minimum Gasteiger partial charge on any atom is -0.292 e. The summed E-state index contributed by atoms with van der Waals surface area (Å²) in [5.41, 5.74) is 12.5. The molecule has 0 fully saturated rings. The fourth-order valence-corrected chi connectivity index (χ4v) is 7.33. The Kier molecular flexibility index (Phi) is 4.67.